The predicted octanol–water partition coefficient (Wildman–Crippen LogP) is 4.46. The first kappa shape index (κ1) is 21.9. The Kier molecular flexibility index (Phi) is 6.80. The van der Waals surface area contributed by atoms with Crippen molar-refractivity contribution < 1.29 is 19.1 Å². The van der Waals surface area contributed by atoms with E-state index in [0.29, 0.717) is 31.0 Å². The van der Waals surface area contributed by atoms with Gasteiger partial charge in [0.1, 0.15) is 11.6 Å². The van der Waals surface area contributed by atoms with Crippen LogP contribution in [0.5, 0.6) is 0 Å². The fourth-order valence-electron chi connectivity index (χ4n) is 3.46. The molecule has 1 aromatic rings. The van der Waals surface area contributed by atoms with E-state index in [1.165, 1.54) is 7.11 Å². The maximum atomic E-state index is 12.4. The Morgan fingerprint density at radius 3 is 2.29 bits per heavy atom. The lowest BCUT2D eigenvalue weighted by atomic mass is 9.67. The molecule has 2 rings (SSSR count). The third-order valence-corrected chi connectivity index (χ3v) is 5.09. The predicted molar refractivity (Wildman–Crippen MR) is 105 cm³/mol. The summed E-state index contributed by atoms with van der Waals surface area (Å²) in [6.45, 7) is 6.13. The molecule has 1 heterocycles. The van der Waals surface area contributed by atoms with Crippen LogP contribution in [-0.4, -0.2) is 48.8 Å². The first-order valence-corrected chi connectivity index (χ1v) is 9.37. The molecule has 1 unspecified atom stereocenters. The summed E-state index contributed by atoms with van der Waals surface area (Å²) in [4.78, 5) is 29.3. The minimum atomic E-state index is -1.05. The van der Waals surface area contributed by atoms with E-state index in [1.807, 2.05) is 32.9 Å². The molecule has 0 N–H and O–H groups in total. The van der Waals surface area contributed by atoms with E-state index >= 15 is 0 Å². The minimum Gasteiger partial charge on any atom is -0.469 e. The highest BCUT2D eigenvalue weighted by Gasteiger charge is 2.47. The summed E-state index contributed by atoms with van der Waals surface area (Å²) in [5.74, 6) is -0.613. The average molecular weight is 409 g/mol. The smallest absolute Gasteiger partial charge is 0.410 e. The highest BCUT2D eigenvalue weighted by molar-refractivity contribution is 6.30. The first-order valence-electron chi connectivity index (χ1n) is 8.99. The van der Waals surface area contributed by atoms with Crippen molar-refractivity contribution >= 4 is 23.7 Å². The van der Waals surface area contributed by atoms with Crippen molar-refractivity contribution in [1.29, 1.82) is 0 Å². The zero-order valence-corrected chi connectivity index (χ0v) is 17.3. The molecular weight excluding hydrogens is 384 g/mol. The van der Waals surface area contributed by atoms with Gasteiger partial charge in [-0.2, -0.15) is 0 Å². The number of carbonyl (C=O) groups excluding carboxylic acids is 2. The molecule has 1 saturated heterocycles. The van der Waals surface area contributed by atoms with Gasteiger partial charge >= 0.3 is 12.1 Å². The van der Waals surface area contributed by atoms with Crippen LogP contribution in [0, 0.1) is 0 Å². The van der Waals surface area contributed by atoms with Gasteiger partial charge in [0, 0.05) is 28.4 Å². The molecule has 28 heavy (non-hydrogen) atoms. The average Bonchev–Trinajstić information content (AvgIpc) is 2.65. The molecule has 0 bridgehead atoms. The molecule has 1 amide bonds. The van der Waals surface area contributed by atoms with E-state index in [-0.39, 0.29) is 0 Å². The Hall–Kier alpha value is -2.44. The van der Waals surface area contributed by atoms with Gasteiger partial charge in [0.15, 0.2) is 0 Å². The van der Waals surface area contributed by atoms with Crippen molar-refractivity contribution in [3.63, 3.8) is 0 Å². The Balaban J connectivity index is 2.37. The van der Waals surface area contributed by atoms with Gasteiger partial charge in [0.05, 0.1) is 7.11 Å². The van der Waals surface area contributed by atoms with Crippen LogP contribution in [0.3, 0.4) is 0 Å². The second-order valence-electron chi connectivity index (χ2n) is 7.76. The molecule has 8 nitrogen and oxygen atoms in total. The number of likely N-dealkylation sites (tertiary alicyclic amines) is 1. The van der Waals surface area contributed by atoms with Crippen molar-refractivity contribution in [1.82, 2.24) is 4.90 Å². The van der Waals surface area contributed by atoms with Gasteiger partial charge in [0.25, 0.3) is 0 Å². The van der Waals surface area contributed by atoms with Crippen molar-refractivity contribution in [3.8, 4) is 0 Å². The largest absolute Gasteiger partial charge is 0.469 e. The second-order valence-corrected chi connectivity index (χ2v) is 8.20. The van der Waals surface area contributed by atoms with Crippen LogP contribution in [0.15, 0.2) is 29.4 Å². The third-order valence-electron chi connectivity index (χ3n) is 4.84. The molecule has 152 valence electrons. The number of benzene rings is 1. The molecule has 0 aliphatic carbocycles. The molecule has 1 atom stereocenters. The summed E-state index contributed by atoms with van der Waals surface area (Å²) in [6, 6.07) is 6.03. The van der Waals surface area contributed by atoms with E-state index in [4.69, 9.17) is 26.6 Å². The number of ether oxygens (including phenoxy) is 2. The number of azide groups is 1. The van der Waals surface area contributed by atoms with Gasteiger partial charge in [-0.15, -0.1) is 0 Å². The van der Waals surface area contributed by atoms with E-state index in [0.717, 1.165) is 5.56 Å². The van der Waals surface area contributed by atoms with Gasteiger partial charge in [-0.1, -0.05) is 28.8 Å². The molecule has 9 heteroatoms. The highest BCUT2D eigenvalue weighted by atomic mass is 35.5. The summed E-state index contributed by atoms with van der Waals surface area (Å²) in [5, 5.41) is 4.32. The first-order chi connectivity index (χ1) is 13.1. The molecule has 0 spiro atoms. The quantitative estimate of drug-likeness (QED) is 0.317. The van der Waals surface area contributed by atoms with Gasteiger partial charge in [-0.05, 0) is 56.8 Å². The number of esters is 1. The van der Waals surface area contributed by atoms with Gasteiger partial charge in [-0.3, -0.25) is 4.79 Å². The zero-order valence-electron chi connectivity index (χ0n) is 16.5. The monoisotopic (exact) mass is 408 g/mol. The fourth-order valence-corrected chi connectivity index (χ4v) is 3.59. The Labute approximate surface area is 169 Å². The number of piperidine rings is 1. The fraction of sp³-hybridized carbons (Fsp3) is 0.579. The summed E-state index contributed by atoms with van der Waals surface area (Å²) in [6.07, 6.45) is 0.412. The van der Waals surface area contributed by atoms with E-state index in [1.54, 1.807) is 17.0 Å². The number of halogens is 1. The van der Waals surface area contributed by atoms with Crippen molar-refractivity contribution in [2.24, 2.45) is 5.11 Å². The second kappa shape index (κ2) is 8.71. The Morgan fingerprint density at radius 1 is 1.25 bits per heavy atom. The minimum absolute atomic E-state index is 0.353. The number of rotatable bonds is 4. The molecule has 1 fully saturated rings. The summed E-state index contributed by atoms with van der Waals surface area (Å²) in [7, 11) is 1.26. The summed E-state index contributed by atoms with van der Waals surface area (Å²) < 4.78 is 10.3. The number of amides is 1. The van der Waals surface area contributed by atoms with Crippen molar-refractivity contribution in [3.05, 3.63) is 45.3 Å². The van der Waals surface area contributed by atoms with Crippen LogP contribution in [0.4, 0.5) is 4.79 Å². The van der Waals surface area contributed by atoms with Crippen LogP contribution in [0.2, 0.25) is 5.02 Å². The lowest BCUT2D eigenvalue weighted by Gasteiger charge is -2.44. The molecule has 1 aliphatic heterocycles. The summed E-state index contributed by atoms with van der Waals surface area (Å²) >= 11 is 6.01. The summed E-state index contributed by atoms with van der Waals surface area (Å²) in [5.41, 5.74) is 8.44. The van der Waals surface area contributed by atoms with Crippen molar-refractivity contribution in [2.75, 3.05) is 20.2 Å². The Bertz CT molecular complexity index is 761. The van der Waals surface area contributed by atoms with Crippen LogP contribution in [0.25, 0.3) is 10.4 Å². The molecule has 0 saturated carbocycles. The maximum Gasteiger partial charge on any atom is 0.410 e. The maximum absolute atomic E-state index is 12.4. The molecule has 0 radical (unpaired) electrons. The van der Waals surface area contributed by atoms with Gasteiger partial charge in [-0.25, -0.2) is 4.79 Å². The SMILES string of the molecule is COC(=O)C(N=[N+]=[N-])C1(c2ccc(Cl)cc2)CCN(C(=O)OC(C)(C)C)CC1. The van der Waals surface area contributed by atoms with Crippen molar-refractivity contribution in [2.45, 2.75) is 50.7 Å². The number of hydrogen-bond donors (Lipinski definition) is 0. The molecule has 0 aromatic heterocycles. The van der Waals surface area contributed by atoms with Crippen LogP contribution in [0.1, 0.15) is 39.2 Å². The van der Waals surface area contributed by atoms with E-state index in [9.17, 15) is 9.59 Å². The number of nitrogens with zero attached hydrogens (tertiary/aromatic N) is 4. The standard InChI is InChI=1S/C19H25ClN4O4/c1-18(2,3)28-17(26)24-11-9-19(10-12-24,13-5-7-14(20)8-6-13)15(22-23-21)16(25)27-4/h5-8,15H,9-12H2,1-4H3. The van der Waals surface area contributed by atoms with E-state index < -0.39 is 29.1 Å². The zero-order chi connectivity index (χ0) is 20.9. The van der Waals surface area contributed by atoms with Gasteiger partial charge in [0.2, 0.25) is 0 Å². The van der Waals surface area contributed by atoms with E-state index in [2.05, 4.69) is 10.0 Å². The molecule has 1 aromatic carbocycles. The number of carbonyl (C=O) groups is 2. The topological polar surface area (TPSA) is 105 Å². The third kappa shape index (κ3) is 4.88. The van der Waals surface area contributed by atoms with Crippen LogP contribution >= 0.6 is 11.6 Å². The number of methoxy groups -OCH3 is 1. The van der Waals surface area contributed by atoms with Crippen LogP contribution < -0.4 is 0 Å². The lowest BCUT2D eigenvalue weighted by Crippen LogP contribution is -2.53. The molecule has 1 aliphatic rings. The normalized spacial score (nSPS) is 17.2. The molecular formula is C19H25ClN4O4. The van der Waals surface area contributed by atoms with Gasteiger partial charge < -0.3 is 14.4 Å². The highest BCUT2D eigenvalue weighted by Crippen LogP contribution is 2.41. The number of hydrogen-bond acceptors (Lipinski definition) is 5. The Morgan fingerprint density at radius 2 is 1.82 bits per heavy atom. The lowest BCUT2D eigenvalue weighted by molar-refractivity contribution is -0.144. The van der Waals surface area contributed by atoms with Crippen LogP contribution in [-0.2, 0) is 19.7 Å².